The molecule has 0 aliphatic rings. The summed E-state index contributed by atoms with van der Waals surface area (Å²) in [6.45, 7) is 16.7. The molecule has 0 heterocycles. The zero-order valence-electron chi connectivity index (χ0n) is 17.3. The highest BCUT2D eigenvalue weighted by atomic mass is 16.5. The van der Waals surface area contributed by atoms with Gasteiger partial charge in [0.25, 0.3) is 0 Å². The summed E-state index contributed by atoms with van der Waals surface area (Å²) in [5.41, 5.74) is 4.95. The van der Waals surface area contributed by atoms with Gasteiger partial charge in [-0.1, -0.05) is 102 Å². The summed E-state index contributed by atoms with van der Waals surface area (Å²) in [4.78, 5) is 0. The highest BCUT2D eigenvalue weighted by Crippen LogP contribution is 2.22. The first kappa shape index (κ1) is 21.2. The number of ether oxygens (including phenoxy) is 1. The van der Waals surface area contributed by atoms with E-state index < -0.39 is 0 Å². The van der Waals surface area contributed by atoms with E-state index in [0.29, 0.717) is 11.8 Å². The van der Waals surface area contributed by atoms with E-state index in [2.05, 4.69) is 89.4 Å². The van der Waals surface area contributed by atoms with Gasteiger partial charge in [0.1, 0.15) is 0 Å². The maximum absolute atomic E-state index is 6.65. The van der Waals surface area contributed by atoms with Crippen molar-refractivity contribution in [1.82, 2.24) is 0 Å². The molecular weight excluding hydrogens is 328 g/mol. The molecule has 0 spiro atoms. The lowest BCUT2D eigenvalue weighted by molar-refractivity contribution is -0.0552. The third kappa shape index (κ3) is 6.52. The molecule has 1 nitrogen and oxygen atoms in total. The summed E-state index contributed by atoms with van der Waals surface area (Å²) in [6, 6.07) is 17.3. The van der Waals surface area contributed by atoms with Gasteiger partial charge in [0, 0.05) is 0 Å². The van der Waals surface area contributed by atoms with Crippen LogP contribution in [0.1, 0.15) is 49.9 Å². The lowest BCUT2D eigenvalue weighted by atomic mass is 9.95. The Hall–Kier alpha value is -2.12. The summed E-state index contributed by atoms with van der Waals surface area (Å²) in [5.74, 6) is 0.932. The van der Waals surface area contributed by atoms with Crippen molar-refractivity contribution in [2.24, 2.45) is 11.8 Å². The molecule has 0 bridgehead atoms. The van der Waals surface area contributed by atoms with Crippen LogP contribution in [0.5, 0.6) is 0 Å². The van der Waals surface area contributed by atoms with Crippen LogP contribution in [0.15, 0.2) is 61.7 Å². The Labute approximate surface area is 165 Å². The first-order valence-corrected chi connectivity index (χ1v) is 10.0. The molecule has 2 aromatic rings. The van der Waals surface area contributed by atoms with Gasteiger partial charge in [-0.25, -0.2) is 0 Å². The Morgan fingerprint density at radius 3 is 1.26 bits per heavy atom. The third-order valence-electron chi connectivity index (χ3n) is 5.14. The Morgan fingerprint density at radius 2 is 1.00 bits per heavy atom. The second kappa shape index (κ2) is 10.3. The number of hydrogen-bond acceptors (Lipinski definition) is 1. The molecule has 0 fully saturated rings. The molecule has 0 aliphatic carbocycles. The van der Waals surface area contributed by atoms with Gasteiger partial charge in [0.15, 0.2) is 0 Å². The Balaban J connectivity index is 2.08. The minimum Gasteiger partial charge on any atom is -0.374 e. The first-order valence-electron chi connectivity index (χ1n) is 10.0. The predicted molar refractivity (Wildman–Crippen MR) is 119 cm³/mol. The largest absolute Gasteiger partial charge is 0.374 e. The van der Waals surface area contributed by atoms with Crippen molar-refractivity contribution in [3.05, 3.63) is 83.9 Å². The van der Waals surface area contributed by atoms with Gasteiger partial charge in [-0.3, -0.25) is 0 Å². The van der Waals surface area contributed by atoms with E-state index in [4.69, 9.17) is 4.74 Å². The van der Waals surface area contributed by atoms with E-state index in [1.807, 2.05) is 12.2 Å². The molecule has 0 saturated carbocycles. The topological polar surface area (TPSA) is 9.23 Å². The fourth-order valence-corrected chi connectivity index (χ4v) is 3.15. The quantitative estimate of drug-likeness (QED) is 0.450. The standard InChI is InChI=1S/C26H34O/c1-7-21-9-13-23(14-10-21)17-25(19(3)4)27-26(20(5)6)18-24-15-11-22(8-2)12-16-24/h7-16,19-20,25-26H,1-2,17-18H2,3-6H3. The molecule has 2 aromatic carbocycles. The SMILES string of the molecule is C=Cc1ccc(CC(OC(Cc2ccc(C=C)cc2)C(C)C)C(C)C)cc1. The number of benzene rings is 2. The average molecular weight is 363 g/mol. The lowest BCUT2D eigenvalue weighted by Gasteiger charge is -2.30. The van der Waals surface area contributed by atoms with Crippen LogP contribution < -0.4 is 0 Å². The number of rotatable bonds is 10. The monoisotopic (exact) mass is 362 g/mol. The van der Waals surface area contributed by atoms with E-state index in [0.717, 1.165) is 24.0 Å². The lowest BCUT2D eigenvalue weighted by Crippen LogP contribution is -2.33. The first-order chi connectivity index (χ1) is 12.9. The van der Waals surface area contributed by atoms with Gasteiger partial charge >= 0.3 is 0 Å². The molecule has 2 atom stereocenters. The summed E-state index contributed by atoms with van der Waals surface area (Å²) in [7, 11) is 0. The molecule has 2 unspecified atom stereocenters. The van der Waals surface area contributed by atoms with E-state index in [-0.39, 0.29) is 12.2 Å². The molecule has 144 valence electrons. The highest BCUT2D eigenvalue weighted by molar-refractivity contribution is 5.47. The van der Waals surface area contributed by atoms with E-state index in [1.54, 1.807) is 0 Å². The van der Waals surface area contributed by atoms with Crippen molar-refractivity contribution in [3.63, 3.8) is 0 Å². The number of hydrogen-bond donors (Lipinski definition) is 0. The van der Waals surface area contributed by atoms with Crippen LogP contribution in [0, 0.1) is 11.8 Å². The zero-order valence-corrected chi connectivity index (χ0v) is 17.3. The van der Waals surface area contributed by atoms with Crippen molar-refractivity contribution >= 4 is 12.2 Å². The van der Waals surface area contributed by atoms with Crippen molar-refractivity contribution < 1.29 is 4.74 Å². The van der Waals surface area contributed by atoms with Gasteiger partial charge in [-0.15, -0.1) is 0 Å². The van der Waals surface area contributed by atoms with Crippen molar-refractivity contribution in [2.75, 3.05) is 0 Å². The molecule has 27 heavy (non-hydrogen) atoms. The zero-order chi connectivity index (χ0) is 19.8. The molecule has 0 N–H and O–H groups in total. The van der Waals surface area contributed by atoms with E-state index in [1.165, 1.54) is 11.1 Å². The van der Waals surface area contributed by atoms with Crippen LogP contribution in [0.3, 0.4) is 0 Å². The Morgan fingerprint density at radius 1 is 0.667 bits per heavy atom. The van der Waals surface area contributed by atoms with Crippen LogP contribution in [-0.4, -0.2) is 12.2 Å². The van der Waals surface area contributed by atoms with Gasteiger partial charge in [0.2, 0.25) is 0 Å². The van der Waals surface area contributed by atoms with Crippen molar-refractivity contribution in [2.45, 2.75) is 52.7 Å². The molecule has 0 radical (unpaired) electrons. The molecule has 2 rings (SSSR count). The predicted octanol–water partition coefficient (Wildman–Crippen LogP) is 6.82. The Kier molecular flexibility index (Phi) is 8.06. The highest BCUT2D eigenvalue weighted by Gasteiger charge is 2.23. The fraction of sp³-hybridized carbons (Fsp3) is 0.385. The summed E-state index contributed by atoms with van der Waals surface area (Å²) < 4.78 is 6.65. The molecule has 0 aliphatic heterocycles. The van der Waals surface area contributed by atoms with Crippen LogP contribution in [0.4, 0.5) is 0 Å². The average Bonchev–Trinajstić information content (AvgIpc) is 2.67. The maximum atomic E-state index is 6.65. The van der Waals surface area contributed by atoms with Crippen LogP contribution in [0.2, 0.25) is 0 Å². The summed E-state index contributed by atoms with van der Waals surface area (Å²) in [6.07, 6.45) is 6.06. The van der Waals surface area contributed by atoms with Crippen LogP contribution >= 0.6 is 0 Å². The second-order valence-electron chi connectivity index (χ2n) is 8.00. The molecule has 0 aromatic heterocycles. The second-order valence-corrected chi connectivity index (χ2v) is 8.00. The minimum atomic E-state index is 0.208. The minimum absolute atomic E-state index is 0.208. The molecule has 0 amide bonds. The van der Waals surface area contributed by atoms with Gasteiger partial charge < -0.3 is 4.74 Å². The van der Waals surface area contributed by atoms with E-state index in [9.17, 15) is 0 Å². The third-order valence-corrected chi connectivity index (χ3v) is 5.14. The van der Waals surface area contributed by atoms with Gasteiger partial charge in [-0.05, 0) is 46.9 Å². The fourth-order valence-electron chi connectivity index (χ4n) is 3.15. The smallest absolute Gasteiger partial charge is 0.0642 e. The Bertz CT molecular complexity index is 643. The van der Waals surface area contributed by atoms with Crippen LogP contribution in [-0.2, 0) is 17.6 Å². The normalized spacial score (nSPS) is 13.6. The van der Waals surface area contributed by atoms with Gasteiger partial charge in [0.05, 0.1) is 12.2 Å². The van der Waals surface area contributed by atoms with E-state index >= 15 is 0 Å². The molecule has 1 heteroatoms. The van der Waals surface area contributed by atoms with Gasteiger partial charge in [-0.2, -0.15) is 0 Å². The van der Waals surface area contributed by atoms with Crippen molar-refractivity contribution in [1.29, 1.82) is 0 Å². The summed E-state index contributed by atoms with van der Waals surface area (Å²) in [5, 5.41) is 0. The molecule has 0 saturated heterocycles. The maximum Gasteiger partial charge on any atom is 0.0642 e. The van der Waals surface area contributed by atoms with Crippen molar-refractivity contribution in [3.8, 4) is 0 Å². The molecular formula is C26H34O. The summed E-state index contributed by atoms with van der Waals surface area (Å²) >= 11 is 0. The van der Waals surface area contributed by atoms with Crippen LogP contribution in [0.25, 0.3) is 12.2 Å².